The Morgan fingerprint density at radius 2 is 0.811 bits per heavy atom. The summed E-state index contributed by atoms with van der Waals surface area (Å²) in [6.45, 7) is 8.87. The van der Waals surface area contributed by atoms with Gasteiger partial charge in [0.2, 0.25) is 0 Å². The van der Waals surface area contributed by atoms with Gasteiger partial charge in [-0.25, -0.2) is 0 Å². The van der Waals surface area contributed by atoms with Gasteiger partial charge in [0, 0.05) is 19.3 Å². The smallest absolute Gasteiger partial charge is 0.306 e. The zero-order chi connectivity index (χ0) is 27.5. The molecule has 0 atom stereocenters. The Labute approximate surface area is 232 Å². The van der Waals surface area contributed by atoms with Crippen molar-refractivity contribution in [3.8, 4) is 0 Å². The van der Waals surface area contributed by atoms with E-state index in [1.165, 1.54) is 89.9 Å². The van der Waals surface area contributed by atoms with Crippen LogP contribution in [-0.2, 0) is 14.3 Å². The number of carbonyl (C=O) groups excluding carboxylic acids is 2. The van der Waals surface area contributed by atoms with Crippen molar-refractivity contribution in [2.75, 3.05) is 0 Å². The molecule has 3 heteroatoms. The highest BCUT2D eigenvalue weighted by atomic mass is 16.6. The summed E-state index contributed by atoms with van der Waals surface area (Å²) >= 11 is 0. The van der Waals surface area contributed by atoms with E-state index >= 15 is 0 Å². The van der Waals surface area contributed by atoms with Gasteiger partial charge in [-0.2, -0.15) is 0 Å². The van der Waals surface area contributed by atoms with Crippen LogP contribution in [0.4, 0.5) is 0 Å². The molecule has 0 aliphatic heterocycles. The first kappa shape index (κ1) is 36.1. The van der Waals surface area contributed by atoms with E-state index in [4.69, 9.17) is 4.74 Å². The number of rotatable bonds is 29. The van der Waals surface area contributed by atoms with Gasteiger partial charge in [-0.3, -0.25) is 9.59 Å². The number of esters is 1. The molecule has 0 amide bonds. The molecule has 0 N–H and O–H groups in total. The van der Waals surface area contributed by atoms with E-state index in [1.54, 1.807) is 0 Å². The molecule has 0 saturated heterocycles. The highest BCUT2D eigenvalue weighted by Gasteiger charge is 2.35. The minimum absolute atomic E-state index is 0.0778. The molecule has 0 heterocycles. The molecule has 0 rings (SSSR count). The van der Waals surface area contributed by atoms with E-state index in [9.17, 15) is 9.59 Å². The van der Waals surface area contributed by atoms with E-state index in [2.05, 4.69) is 27.7 Å². The lowest BCUT2D eigenvalue weighted by atomic mass is 9.84. The van der Waals surface area contributed by atoms with Crippen LogP contribution in [0.5, 0.6) is 0 Å². The average Bonchev–Trinajstić information content (AvgIpc) is 2.88. The van der Waals surface area contributed by atoms with Crippen LogP contribution in [-0.4, -0.2) is 17.4 Å². The zero-order valence-electron chi connectivity index (χ0n) is 25.8. The maximum Gasteiger partial charge on any atom is 0.306 e. The summed E-state index contributed by atoms with van der Waals surface area (Å²) in [6, 6.07) is 0. The number of unbranched alkanes of at least 4 members (excludes halogenated alkanes) is 18. The molecule has 0 aromatic rings. The Balaban J connectivity index is 4.49. The van der Waals surface area contributed by atoms with Crippen molar-refractivity contribution in [3.63, 3.8) is 0 Å². The maximum atomic E-state index is 13.0. The van der Waals surface area contributed by atoms with Crippen molar-refractivity contribution in [1.82, 2.24) is 0 Å². The lowest BCUT2D eigenvalue weighted by Gasteiger charge is -2.33. The molecule has 0 radical (unpaired) electrons. The molecule has 0 unspecified atom stereocenters. The molecular formula is C34H66O3. The minimum atomic E-state index is -0.571. The second-order valence-electron chi connectivity index (χ2n) is 11.7. The highest BCUT2D eigenvalue weighted by molar-refractivity contribution is 5.80. The first-order valence-corrected chi connectivity index (χ1v) is 16.8. The van der Waals surface area contributed by atoms with Gasteiger partial charge < -0.3 is 4.74 Å². The number of ether oxygens (including phenoxy) is 1. The summed E-state index contributed by atoms with van der Waals surface area (Å²) in [5.41, 5.74) is -0.571. The fraction of sp³-hybridized carbons (Fsp3) is 0.941. The molecule has 0 bridgehead atoms. The van der Waals surface area contributed by atoms with E-state index in [1.807, 2.05) is 0 Å². The monoisotopic (exact) mass is 523 g/mol. The minimum Gasteiger partial charge on any atom is -0.459 e. The Morgan fingerprint density at radius 3 is 1.22 bits per heavy atom. The molecule has 0 fully saturated rings. The molecular weight excluding hydrogens is 456 g/mol. The van der Waals surface area contributed by atoms with Crippen LogP contribution in [0.2, 0.25) is 0 Å². The molecule has 0 aromatic heterocycles. The number of hydrogen-bond acceptors (Lipinski definition) is 3. The quantitative estimate of drug-likeness (QED) is 0.0724. The van der Waals surface area contributed by atoms with Crippen molar-refractivity contribution in [1.29, 1.82) is 0 Å². The standard InChI is InChI=1S/C34H66O3/c1-5-9-13-15-17-19-21-23-25-27-32(35)31-34(29-11-7-3,30-12-8-4)37-33(36)28-26-24-22-20-18-16-14-10-6-2/h5-31H2,1-4H3. The summed E-state index contributed by atoms with van der Waals surface area (Å²) in [5, 5.41) is 0. The second kappa shape index (κ2) is 26.7. The van der Waals surface area contributed by atoms with Crippen molar-refractivity contribution < 1.29 is 14.3 Å². The van der Waals surface area contributed by atoms with Crippen LogP contribution in [0, 0.1) is 0 Å². The van der Waals surface area contributed by atoms with Gasteiger partial charge in [0.25, 0.3) is 0 Å². The van der Waals surface area contributed by atoms with Crippen LogP contribution < -0.4 is 0 Å². The lowest BCUT2D eigenvalue weighted by Crippen LogP contribution is -2.38. The molecule has 37 heavy (non-hydrogen) atoms. The first-order valence-electron chi connectivity index (χ1n) is 16.8. The van der Waals surface area contributed by atoms with E-state index in [0.717, 1.165) is 64.2 Å². The number of hydrogen-bond donors (Lipinski definition) is 0. The SMILES string of the molecule is CCCCCCCCCCCC(=O)CC(CCCC)(CCCC)OC(=O)CCCCCCCCCCC. The van der Waals surface area contributed by atoms with Crippen LogP contribution in [0.15, 0.2) is 0 Å². The topological polar surface area (TPSA) is 43.4 Å². The summed E-state index contributed by atoms with van der Waals surface area (Å²) in [7, 11) is 0. The average molecular weight is 523 g/mol. The Morgan fingerprint density at radius 1 is 0.459 bits per heavy atom. The van der Waals surface area contributed by atoms with Gasteiger partial charge >= 0.3 is 5.97 Å². The van der Waals surface area contributed by atoms with Gasteiger partial charge in [-0.15, -0.1) is 0 Å². The second-order valence-corrected chi connectivity index (χ2v) is 11.7. The summed E-state index contributed by atoms with van der Waals surface area (Å²) in [6.07, 6.45) is 30.0. The van der Waals surface area contributed by atoms with Crippen LogP contribution in [0.3, 0.4) is 0 Å². The van der Waals surface area contributed by atoms with Gasteiger partial charge in [-0.1, -0.05) is 143 Å². The predicted molar refractivity (Wildman–Crippen MR) is 161 cm³/mol. The summed E-state index contributed by atoms with van der Waals surface area (Å²) in [4.78, 5) is 25.9. The highest BCUT2D eigenvalue weighted by Crippen LogP contribution is 2.32. The molecule has 220 valence electrons. The Hall–Kier alpha value is -0.860. The fourth-order valence-electron chi connectivity index (χ4n) is 5.39. The van der Waals surface area contributed by atoms with Crippen LogP contribution >= 0.6 is 0 Å². The number of ketones is 1. The van der Waals surface area contributed by atoms with Gasteiger partial charge in [0.1, 0.15) is 11.4 Å². The van der Waals surface area contributed by atoms with E-state index in [-0.39, 0.29) is 5.97 Å². The Bertz CT molecular complexity index is 467. The lowest BCUT2D eigenvalue weighted by molar-refractivity contribution is -0.164. The van der Waals surface area contributed by atoms with E-state index in [0.29, 0.717) is 25.0 Å². The molecule has 0 aliphatic carbocycles. The van der Waals surface area contributed by atoms with Gasteiger partial charge in [0.15, 0.2) is 0 Å². The van der Waals surface area contributed by atoms with Crippen molar-refractivity contribution in [3.05, 3.63) is 0 Å². The largest absolute Gasteiger partial charge is 0.459 e. The third kappa shape index (κ3) is 22.8. The Kier molecular flexibility index (Phi) is 26.1. The normalized spacial score (nSPS) is 11.7. The maximum absolute atomic E-state index is 13.0. The summed E-state index contributed by atoms with van der Waals surface area (Å²) in [5.74, 6) is 0.219. The fourth-order valence-corrected chi connectivity index (χ4v) is 5.39. The van der Waals surface area contributed by atoms with Crippen LogP contribution in [0.25, 0.3) is 0 Å². The van der Waals surface area contributed by atoms with Gasteiger partial charge in [0.05, 0.1) is 0 Å². The van der Waals surface area contributed by atoms with Crippen molar-refractivity contribution >= 4 is 11.8 Å². The molecule has 0 aliphatic rings. The summed E-state index contributed by atoms with van der Waals surface area (Å²) < 4.78 is 6.22. The zero-order valence-corrected chi connectivity index (χ0v) is 25.8. The van der Waals surface area contributed by atoms with E-state index < -0.39 is 5.60 Å². The molecule has 3 nitrogen and oxygen atoms in total. The molecule has 0 saturated carbocycles. The number of carbonyl (C=O) groups is 2. The van der Waals surface area contributed by atoms with Crippen molar-refractivity contribution in [2.24, 2.45) is 0 Å². The molecule has 0 spiro atoms. The first-order chi connectivity index (χ1) is 18.0. The third-order valence-corrected chi connectivity index (χ3v) is 7.87. The third-order valence-electron chi connectivity index (χ3n) is 7.87. The van der Waals surface area contributed by atoms with Crippen molar-refractivity contribution in [2.45, 2.75) is 207 Å². The molecule has 0 aromatic carbocycles. The van der Waals surface area contributed by atoms with Crippen LogP contribution in [0.1, 0.15) is 201 Å². The predicted octanol–water partition coefficient (Wildman–Crippen LogP) is 11.4. The van der Waals surface area contributed by atoms with Gasteiger partial charge in [-0.05, 0) is 38.5 Å². The number of Topliss-reactive ketones (excluding diaryl/α,β-unsaturated/α-hetero) is 1.